The molecule has 5 aliphatic rings. The molecule has 9 nitrogen and oxygen atoms in total. The molecule has 9 heteroatoms. The second-order valence-corrected chi connectivity index (χ2v) is 31.9. The van der Waals surface area contributed by atoms with Crippen molar-refractivity contribution in [2.45, 2.75) is 180 Å². The summed E-state index contributed by atoms with van der Waals surface area (Å²) in [5.41, 5.74) is 15.3. The van der Waals surface area contributed by atoms with Crippen molar-refractivity contribution in [2.24, 2.45) is 29.6 Å². The van der Waals surface area contributed by atoms with Crippen molar-refractivity contribution in [3.05, 3.63) is 256 Å². The van der Waals surface area contributed by atoms with Crippen molar-refractivity contribution in [1.29, 1.82) is 0 Å². The molecule has 107 heavy (non-hydrogen) atoms. The van der Waals surface area contributed by atoms with Crippen molar-refractivity contribution < 1.29 is 38.1 Å². The molecule has 1 aliphatic heterocycles. The molecule has 0 aromatic heterocycles. The summed E-state index contributed by atoms with van der Waals surface area (Å²) in [5.74, 6) is 5.44. The number of hydrogen-bond donors (Lipinski definition) is 1. The van der Waals surface area contributed by atoms with Gasteiger partial charge in [-0.25, -0.2) is 4.79 Å². The maximum absolute atomic E-state index is 15.1. The monoisotopic (exact) mass is 1420 g/mol. The minimum Gasteiger partial charge on any atom is -0.497 e. The first-order valence-corrected chi connectivity index (χ1v) is 39.9. The highest BCUT2D eigenvalue weighted by molar-refractivity contribution is 6.11. The maximum Gasteiger partial charge on any atom is 0.344 e. The van der Waals surface area contributed by atoms with E-state index in [1.165, 1.54) is 108 Å². The quantitative estimate of drug-likeness (QED) is 0.0383. The van der Waals surface area contributed by atoms with Crippen molar-refractivity contribution in [1.82, 2.24) is 0 Å². The molecule has 1 amide bonds. The van der Waals surface area contributed by atoms with E-state index in [0.717, 1.165) is 132 Å². The Hall–Kier alpha value is -9.99. The zero-order valence-corrected chi connectivity index (χ0v) is 63.6. The van der Waals surface area contributed by atoms with E-state index in [-0.39, 0.29) is 23.5 Å². The zero-order chi connectivity index (χ0) is 73.8. The zero-order valence-electron chi connectivity index (χ0n) is 63.6. The van der Waals surface area contributed by atoms with E-state index in [1.807, 2.05) is 103 Å². The molecular weight excluding hydrogens is 1320 g/mol. The van der Waals surface area contributed by atoms with E-state index >= 15 is 4.79 Å². The highest BCUT2D eigenvalue weighted by Gasteiger charge is 2.45. The predicted molar refractivity (Wildman–Crippen MR) is 434 cm³/mol. The number of fused-ring (bicyclic) bond motifs is 8. The van der Waals surface area contributed by atoms with Gasteiger partial charge in [0, 0.05) is 38.7 Å². The first kappa shape index (κ1) is 72.6. The van der Waals surface area contributed by atoms with E-state index in [2.05, 4.69) is 143 Å². The molecule has 1 N–H and O–H groups in total. The Balaban J connectivity index is 0.700. The summed E-state index contributed by atoms with van der Waals surface area (Å²) in [6.45, 7) is 11.2. The Labute approximate surface area is 633 Å². The maximum atomic E-state index is 15.1. The van der Waals surface area contributed by atoms with Gasteiger partial charge in [0.1, 0.15) is 17.2 Å². The molecule has 1 atom stereocenters. The van der Waals surface area contributed by atoms with Crippen molar-refractivity contribution in [3.63, 3.8) is 0 Å². The molecule has 0 bridgehead atoms. The second kappa shape index (κ2) is 31.8. The van der Waals surface area contributed by atoms with Gasteiger partial charge in [0.05, 0.1) is 25.7 Å². The second-order valence-electron chi connectivity index (χ2n) is 31.9. The molecule has 10 aromatic rings. The Morgan fingerprint density at radius 3 is 1.71 bits per heavy atom. The number of nitrogens with one attached hydrogen (secondary N) is 1. The van der Waals surface area contributed by atoms with Gasteiger partial charge in [0.15, 0.2) is 17.1 Å². The molecular formula is C98H103NO8. The molecule has 3 saturated carbocycles. The first-order chi connectivity index (χ1) is 52.2. The number of hydrogen-bond acceptors (Lipinski definition) is 8. The first-order valence-electron chi connectivity index (χ1n) is 39.9. The van der Waals surface area contributed by atoms with E-state index in [4.69, 9.17) is 23.7 Å². The fourth-order valence-corrected chi connectivity index (χ4v) is 18.6. The van der Waals surface area contributed by atoms with Gasteiger partial charge in [-0.05, 0) is 246 Å². The normalized spacial score (nSPS) is 20.6. The highest BCUT2D eigenvalue weighted by atomic mass is 16.6. The summed E-state index contributed by atoms with van der Waals surface area (Å²) < 4.78 is 32.4. The van der Waals surface area contributed by atoms with Crippen LogP contribution in [-0.4, -0.2) is 32.1 Å². The Morgan fingerprint density at radius 2 is 1.07 bits per heavy atom. The highest BCUT2D eigenvalue weighted by Crippen LogP contribution is 2.60. The molecule has 1 unspecified atom stereocenters. The molecule has 3 fully saturated rings. The van der Waals surface area contributed by atoms with E-state index in [9.17, 15) is 9.59 Å². The lowest BCUT2D eigenvalue weighted by Gasteiger charge is -2.38. The van der Waals surface area contributed by atoms with Crippen molar-refractivity contribution in [3.8, 4) is 73.3 Å². The fraction of sp³-hybridized carbons (Fsp3) is 0.357. The number of carbonyl (C=O) groups excluding carboxylic acids is 3. The predicted octanol–water partition coefficient (Wildman–Crippen LogP) is 25.2. The van der Waals surface area contributed by atoms with Crippen LogP contribution >= 0.6 is 0 Å². The molecule has 4 aliphatic carbocycles. The van der Waals surface area contributed by atoms with Crippen molar-refractivity contribution >= 4 is 40.4 Å². The lowest BCUT2D eigenvalue weighted by atomic mass is 9.68. The number of esters is 2. The fourth-order valence-electron chi connectivity index (χ4n) is 18.6. The van der Waals surface area contributed by atoms with Crippen LogP contribution in [0, 0.1) is 36.5 Å². The van der Waals surface area contributed by atoms with Gasteiger partial charge in [-0.3, -0.25) is 9.59 Å². The third kappa shape index (κ3) is 15.1. The molecule has 15 rings (SSSR count). The van der Waals surface area contributed by atoms with Gasteiger partial charge < -0.3 is 29.0 Å². The summed E-state index contributed by atoms with van der Waals surface area (Å²) in [5, 5.41) is 4.76. The topological polar surface area (TPSA) is 109 Å². The van der Waals surface area contributed by atoms with Crippen LogP contribution in [0.3, 0.4) is 0 Å². The number of benzene rings is 10. The SMILES string of the molecule is CCCCCC1CCC(c2ccc(-c3ccc(C(=O)Nc4ccc(-c5ccc6c(c5)-c5c(c7c(c8cc(OC)c(OC(=O)c9ccccc9-c9ccc(OC(=O)C%10CCC(C%11CCC(CCCCC)CC%11)CC%10)cc9)cc58)OC(c5ccc(C)cc5)(c5ccc(OC)cc5)C=C7)C6(C)C)cc4)cc3)cc2)CC1. The van der Waals surface area contributed by atoms with Crippen LogP contribution in [0.15, 0.2) is 206 Å². The van der Waals surface area contributed by atoms with Crippen LogP contribution in [0.1, 0.15) is 222 Å². The number of unbranched alkanes of at least 4 members (excludes halogenated alkanes) is 4. The Morgan fingerprint density at radius 1 is 0.514 bits per heavy atom. The average molecular weight is 1420 g/mol. The number of methoxy groups -OCH3 is 2. The van der Waals surface area contributed by atoms with Gasteiger partial charge in [-0.2, -0.15) is 0 Å². The smallest absolute Gasteiger partial charge is 0.344 e. The van der Waals surface area contributed by atoms with E-state index in [0.29, 0.717) is 51.5 Å². The molecule has 1 heterocycles. The van der Waals surface area contributed by atoms with Gasteiger partial charge in [-0.15, -0.1) is 0 Å². The summed E-state index contributed by atoms with van der Waals surface area (Å²) >= 11 is 0. The summed E-state index contributed by atoms with van der Waals surface area (Å²) in [6, 6.07) is 67.2. The standard InChI is InChI=1S/C98H103NO8/c1-8-10-12-16-64-22-26-66(27-23-64)68-30-32-69(33-31-68)70-34-38-74(39-35-70)94(100)99-79-51-42-72(43-52-79)76-46-57-88-87(60-76)91-85-61-90(89(104-7)62-86(85)93-84(92(91)97(88,4)5)58-59-98(107-93,77-47-20-63(3)21-48-77)78-49-55-80(103-6)56-50-78)106-96(102)83-19-15-14-18-82(83)73-44-53-81(54-45-73)105-95(101)75-40-36-71(37-41-75)67-28-24-65(25-29-67)17-13-11-9-2/h14-15,18-21,30-35,38-39,42-62,64-67,71,75H,8-13,16-17,22-29,36-37,40-41H2,1-7H3,(H,99,100). The minimum atomic E-state index is -1.07. The number of rotatable bonds is 23. The molecule has 0 spiro atoms. The van der Waals surface area contributed by atoms with Gasteiger partial charge >= 0.3 is 11.9 Å². The molecule has 0 saturated heterocycles. The van der Waals surface area contributed by atoms with Crippen LogP contribution < -0.4 is 29.0 Å². The van der Waals surface area contributed by atoms with E-state index in [1.54, 1.807) is 20.3 Å². The summed E-state index contributed by atoms with van der Waals surface area (Å²) in [7, 11) is 3.27. The number of anilines is 1. The number of aryl methyl sites for hydroxylation is 1. The van der Waals surface area contributed by atoms with E-state index < -0.39 is 17.0 Å². The summed E-state index contributed by atoms with van der Waals surface area (Å²) in [4.78, 5) is 42.7. The number of amides is 1. The molecule has 548 valence electrons. The van der Waals surface area contributed by atoms with Gasteiger partial charge in [0.2, 0.25) is 0 Å². The largest absolute Gasteiger partial charge is 0.497 e. The van der Waals surface area contributed by atoms with Crippen LogP contribution in [-0.2, 0) is 15.8 Å². The number of ether oxygens (including phenoxy) is 5. The third-order valence-electron chi connectivity index (χ3n) is 24.9. The average Bonchev–Trinajstić information content (AvgIpc) is 1.57. The third-order valence-corrected chi connectivity index (χ3v) is 24.9. The van der Waals surface area contributed by atoms with Crippen LogP contribution in [0.25, 0.3) is 61.4 Å². The Bertz CT molecular complexity index is 4850. The number of carbonyl (C=O) groups is 3. The van der Waals surface area contributed by atoms with Gasteiger partial charge in [-0.1, -0.05) is 231 Å². The lowest BCUT2D eigenvalue weighted by Crippen LogP contribution is -2.35. The minimum absolute atomic E-state index is 0.100. The Kier molecular flexibility index (Phi) is 21.6. The van der Waals surface area contributed by atoms with Crippen molar-refractivity contribution in [2.75, 3.05) is 19.5 Å². The summed E-state index contributed by atoms with van der Waals surface area (Å²) in [6.07, 6.45) is 29.8. The molecule has 0 radical (unpaired) electrons. The van der Waals surface area contributed by atoms with Gasteiger partial charge in [0.25, 0.3) is 5.91 Å². The molecule has 10 aromatic carbocycles. The van der Waals surface area contributed by atoms with Crippen LogP contribution in [0.5, 0.6) is 28.7 Å². The van der Waals surface area contributed by atoms with Crippen LogP contribution in [0.4, 0.5) is 5.69 Å². The lowest BCUT2D eigenvalue weighted by molar-refractivity contribution is -0.140. The van der Waals surface area contributed by atoms with Crippen LogP contribution in [0.2, 0.25) is 0 Å².